The largest absolute Gasteiger partial charge is 0.302 e. The van der Waals surface area contributed by atoms with Crippen LogP contribution in [0.15, 0.2) is 0 Å². The molecule has 0 spiro atoms. The number of rotatable bonds is 2. The normalized spacial score (nSPS) is 18.6. The van der Waals surface area contributed by atoms with Gasteiger partial charge in [0.05, 0.1) is 13.1 Å². The maximum absolute atomic E-state index is 10.6. The monoisotopic (exact) mass is 163 g/mol. The molecule has 1 rings (SSSR count). The lowest BCUT2D eigenvalue weighted by Crippen LogP contribution is -2.22. The van der Waals surface area contributed by atoms with E-state index in [0.29, 0.717) is 19.5 Å². The van der Waals surface area contributed by atoms with Crippen molar-refractivity contribution in [2.45, 2.75) is 6.42 Å². The SMILES string of the molecule is Cl.O=CCN1CCC(=O)C1. The predicted octanol–water partition coefficient (Wildman–Crippen LogP) is -0.118. The van der Waals surface area contributed by atoms with Gasteiger partial charge >= 0.3 is 0 Å². The first-order chi connectivity index (χ1) is 4.33. The molecule has 1 fully saturated rings. The maximum Gasteiger partial charge on any atom is 0.148 e. The highest BCUT2D eigenvalue weighted by Crippen LogP contribution is 2.01. The predicted molar refractivity (Wildman–Crippen MR) is 39.4 cm³/mol. The second kappa shape index (κ2) is 4.41. The fourth-order valence-corrected chi connectivity index (χ4v) is 0.952. The lowest BCUT2D eigenvalue weighted by molar-refractivity contribution is -0.117. The Kier molecular flexibility index (Phi) is 4.23. The summed E-state index contributed by atoms with van der Waals surface area (Å²) in [6.45, 7) is 1.64. The number of carbonyl (C=O) groups is 2. The fourth-order valence-electron chi connectivity index (χ4n) is 0.952. The number of aldehydes is 1. The molecule has 58 valence electrons. The molecule has 0 atom stereocenters. The van der Waals surface area contributed by atoms with Crippen molar-refractivity contribution in [2.75, 3.05) is 19.6 Å². The van der Waals surface area contributed by atoms with E-state index in [9.17, 15) is 9.59 Å². The molecule has 1 aliphatic rings. The van der Waals surface area contributed by atoms with E-state index in [1.807, 2.05) is 4.90 Å². The third-order valence-electron chi connectivity index (χ3n) is 1.44. The minimum atomic E-state index is 0. The number of Topliss-reactive ketones (excluding diaryl/α,β-unsaturated/α-hetero) is 1. The van der Waals surface area contributed by atoms with Crippen LogP contribution < -0.4 is 0 Å². The van der Waals surface area contributed by atoms with Crippen molar-refractivity contribution < 1.29 is 9.59 Å². The summed E-state index contributed by atoms with van der Waals surface area (Å²) in [6, 6.07) is 0. The van der Waals surface area contributed by atoms with Gasteiger partial charge in [0, 0.05) is 13.0 Å². The molecule has 0 amide bonds. The van der Waals surface area contributed by atoms with E-state index in [1.54, 1.807) is 0 Å². The topological polar surface area (TPSA) is 37.4 Å². The molecule has 0 unspecified atom stereocenters. The van der Waals surface area contributed by atoms with Crippen molar-refractivity contribution in [3.63, 3.8) is 0 Å². The van der Waals surface area contributed by atoms with Crippen molar-refractivity contribution in [3.8, 4) is 0 Å². The van der Waals surface area contributed by atoms with Crippen LogP contribution in [0.3, 0.4) is 0 Å². The van der Waals surface area contributed by atoms with Crippen LogP contribution in [0.1, 0.15) is 6.42 Å². The highest BCUT2D eigenvalue weighted by molar-refractivity contribution is 5.85. The van der Waals surface area contributed by atoms with Crippen molar-refractivity contribution in [3.05, 3.63) is 0 Å². The quantitative estimate of drug-likeness (QED) is 0.533. The molecule has 0 bridgehead atoms. The van der Waals surface area contributed by atoms with Gasteiger partial charge in [-0.1, -0.05) is 0 Å². The summed E-state index contributed by atoms with van der Waals surface area (Å²) in [4.78, 5) is 22.3. The number of likely N-dealkylation sites (tertiary alicyclic amines) is 1. The van der Waals surface area contributed by atoms with Crippen molar-refractivity contribution in [2.24, 2.45) is 0 Å². The lowest BCUT2D eigenvalue weighted by atomic mass is 10.4. The molecule has 3 nitrogen and oxygen atoms in total. The van der Waals surface area contributed by atoms with Crippen LogP contribution in [0, 0.1) is 0 Å². The van der Waals surface area contributed by atoms with Crippen molar-refractivity contribution >= 4 is 24.5 Å². The van der Waals surface area contributed by atoms with Crippen LogP contribution in [0.4, 0.5) is 0 Å². The highest BCUT2D eigenvalue weighted by Gasteiger charge is 2.17. The Hall–Kier alpha value is -0.410. The Bertz CT molecular complexity index is 138. The molecule has 1 heterocycles. The van der Waals surface area contributed by atoms with Gasteiger partial charge in [0.25, 0.3) is 0 Å². The summed E-state index contributed by atoms with van der Waals surface area (Å²) in [5.41, 5.74) is 0. The van der Waals surface area contributed by atoms with E-state index < -0.39 is 0 Å². The second-order valence-corrected chi connectivity index (χ2v) is 2.19. The van der Waals surface area contributed by atoms with E-state index in [2.05, 4.69) is 0 Å². The molecule has 1 saturated heterocycles. The summed E-state index contributed by atoms with van der Waals surface area (Å²) in [5, 5.41) is 0. The number of carbonyl (C=O) groups excluding carboxylic acids is 2. The Labute approximate surface area is 65.8 Å². The maximum atomic E-state index is 10.6. The zero-order valence-electron chi connectivity index (χ0n) is 5.58. The van der Waals surface area contributed by atoms with E-state index in [4.69, 9.17) is 0 Å². The van der Waals surface area contributed by atoms with Crippen LogP contribution >= 0.6 is 12.4 Å². The Morgan fingerprint density at radius 1 is 1.60 bits per heavy atom. The van der Waals surface area contributed by atoms with Gasteiger partial charge in [0.1, 0.15) is 12.1 Å². The number of hydrogen-bond donors (Lipinski definition) is 0. The molecule has 0 radical (unpaired) electrons. The summed E-state index contributed by atoms with van der Waals surface area (Å²) in [6.07, 6.45) is 1.45. The fraction of sp³-hybridized carbons (Fsp3) is 0.667. The smallest absolute Gasteiger partial charge is 0.148 e. The van der Waals surface area contributed by atoms with E-state index >= 15 is 0 Å². The van der Waals surface area contributed by atoms with Crippen molar-refractivity contribution in [1.82, 2.24) is 4.90 Å². The van der Waals surface area contributed by atoms with Crippen LogP contribution in [0.2, 0.25) is 0 Å². The zero-order chi connectivity index (χ0) is 6.69. The molecule has 0 aromatic carbocycles. The van der Waals surface area contributed by atoms with Crippen molar-refractivity contribution in [1.29, 1.82) is 0 Å². The molecule has 0 aromatic heterocycles. The van der Waals surface area contributed by atoms with E-state index in [1.165, 1.54) is 0 Å². The number of halogens is 1. The number of ketones is 1. The standard InChI is InChI=1S/C6H9NO2.ClH/c8-4-3-7-2-1-6(9)5-7;/h4H,1-3,5H2;1H. The third-order valence-corrected chi connectivity index (χ3v) is 1.44. The summed E-state index contributed by atoms with van der Waals surface area (Å²) >= 11 is 0. The van der Waals surface area contributed by atoms with Crippen LogP contribution in [0.5, 0.6) is 0 Å². The Balaban J connectivity index is 0.000000810. The molecule has 10 heavy (non-hydrogen) atoms. The minimum absolute atomic E-state index is 0. The third kappa shape index (κ3) is 2.45. The first kappa shape index (κ1) is 9.59. The molecule has 0 aliphatic carbocycles. The number of nitrogens with zero attached hydrogens (tertiary/aromatic N) is 1. The van der Waals surface area contributed by atoms with Crippen LogP contribution in [0.25, 0.3) is 0 Å². The average molecular weight is 164 g/mol. The van der Waals surface area contributed by atoms with Gasteiger partial charge in [0.15, 0.2) is 0 Å². The summed E-state index contributed by atoms with van der Waals surface area (Å²) < 4.78 is 0. The summed E-state index contributed by atoms with van der Waals surface area (Å²) in [7, 11) is 0. The van der Waals surface area contributed by atoms with Gasteiger partial charge in [-0.05, 0) is 0 Å². The molecule has 0 saturated carbocycles. The second-order valence-electron chi connectivity index (χ2n) is 2.19. The lowest BCUT2D eigenvalue weighted by Gasteiger charge is -2.06. The molecule has 1 aliphatic heterocycles. The minimum Gasteiger partial charge on any atom is -0.302 e. The Morgan fingerprint density at radius 3 is 2.70 bits per heavy atom. The van der Waals surface area contributed by atoms with Gasteiger partial charge in [-0.25, -0.2) is 0 Å². The first-order valence-corrected chi connectivity index (χ1v) is 3.00. The molecular formula is C6H10ClNO2. The molecule has 4 heteroatoms. The van der Waals surface area contributed by atoms with Crippen LogP contribution in [-0.4, -0.2) is 36.6 Å². The van der Waals surface area contributed by atoms with Gasteiger partial charge in [-0.2, -0.15) is 0 Å². The molecular weight excluding hydrogens is 154 g/mol. The zero-order valence-corrected chi connectivity index (χ0v) is 6.39. The van der Waals surface area contributed by atoms with Gasteiger partial charge < -0.3 is 4.79 Å². The number of hydrogen-bond acceptors (Lipinski definition) is 3. The van der Waals surface area contributed by atoms with Gasteiger partial charge in [-0.3, -0.25) is 9.69 Å². The summed E-state index contributed by atoms with van der Waals surface area (Å²) in [5.74, 6) is 0.247. The van der Waals surface area contributed by atoms with E-state index in [0.717, 1.165) is 12.8 Å². The van der Waals surface area contributed by atoms with Gasteiger partial charge in [-0.15, -0.1) is 12.4 Å². The highest BCUT2D eigenvalue weighted by atomic mass is 35.5. The van der Waals surface area contributed by atoms with Crippen LogP contribution in [-0.2, 0) is 9.59 Å². The van der Waals surface area contributed by atoms with Gasteiger partial charge in [0.2, 0.25) is 0 Å². The average Bonchev–Trinajstić information content (AvgIpc) is 2.17. The molecule has 0 N–H and O–H groups in total. The van der Waals surface area contributed by atoms with E-state index in [-0.39, 0.29) is 18.2 Å². The molecule has 0 aromatic rings. The Morgan fingerprint density at radius 2 is 2.30 bits per heavy atom. The first-order valence-electron chi connectivity index (χ1n) is 3.00.